The SMILES string of the molecule is C[C@H]1O[C@H](O[C@H]2CC[C@]3(C)[C@@H]4[C@H](O)C[C@]5(C)[C@H](C6=CC(=O)OC6)CC[C@]5(O)[C@H]4CC[C@]3(O)C2)[C@H](O)[C@@H](O)[C@@H]1O. The van der Waals surface area contributed by atoms with Gasteiger partial charge in [0.15, 0.2) is 6.29 Å². The predicted molar refractivity (Wildman–Crippen MR) is 136 cm³/mol. The average molecular weight is 553 g/mol. The number of rotatable bonds is 3. The Morgan fingerprint density at radius 1 is 0.923 bits per heavy atom. The summed E-state index contributed by atoms with van der Waals surface area (Å²) in [5.74, 6) is -0.893. The third-order valence-corrected chi connectivity index (χ3v) is 12.2. The minimum Gasteiger partial charge on any atom is -0.458 e. The van der Waals surface area contributed by atoms with Crippen LogP contribution < -0.4 is 0 Å². The lowest BCUT2D eigenvalue weighted by atomic mass is 9.41. The number of hydrogen-bond donors (Lipinski definition) is 6. The van der Waals surface area contributed by atoms with Crippen molar-refractivity contribution in [1.82, 2.24) is 0 Å². The summed E-state index contributed by atoms with van der Waals surface area (Å²) in [6, 6.07) is 0. The van der Waals surface area contributed by atoms with E-state index in [9.17, 15) is 35.4 Å². The van der Waals surface area contributed by atoms with Crippen molar-refractivity contribution in [1.29, 1.82) is 0 Å². The summed E-state index contributed by atoms with van der Waals surface area (Å²) in [6.07, 6.45) is -1.39. The maximum absolute atomic E-state index is 12.4. The summed E-state index contributed by atoms with van der Waals surface area (Å²) in [5.41, 5.74) is -2.54. The van der Waals surface area contributed by atoms with Crippen molar-refractivity contribution in [2.75, 3.05) is 6.61 Å². The molecule has 0 amide bonds. The molecule has 2 aliphatic heterocycles. The van der Waals surface area contributed by atoms with E-state index in [-0.39, 0.29) is 36.8 Å². The molecule has 4 aliphatic carbocycles. The topological polar surface area (TPSA) is 166 Å². The number of cyclic esters (lactones) is 1. The maximum Gasteiger partial charge on any atom is 0.331 e. The van der Waals surface area contributed by atoms with Gasteiger partial charge in [-0.25, -0.2) is 4.79 Å². The Hall–Kier alpha value is -1.11. The number of aliphatic hydroxyl groups is 6. The van der Waals surface area contributed by atoms with E-state index in [0.717, 1.165) is 12.0 Å². The first-order valence-electron chi connectivity index (χ1n) is 14.6. The van der Waals surface area contributed by atoms with Crippen LogP contribution in [0.3, 0.4) is 0 Å². The van der Waals surface area contributed by atoms with E-state index in [2.05, 4.69) is 0 Å². The molecule has 0 radical (unpaired) electrons. The van der Waals surface area contributed by atoms with E-state index in [0.29, 0.717) is 38.5 Å². The van der Waals surface area contributed by atoms with Crippen molar-refractivity contribution in [2.24, 2.45) is 28.6 Å². The van der Waals surface area contributed by atoms with Gasteiger partial charge in [-0.2, -0.15) is 0 Å². The van der Waals surface area contributed by atoms with Gasteiger partial charge in [0.1, 0.15) is 24.9 Å². The van der Waals surface area contributed by atoms with Crippen LogP contribution in [0, 0.1) is 28.6 Å². The van der Waals surface area contributed by atoms with Gasteiger partial charge >= 0.3 is 5.97 Å². The Kier molecular flexibility index (Phi) is 6.61. The van der Waals surface area contributed by atoms with Crippen molar-refractivity contribution in [3.8, 4) is 0 Å². The fourth-order valence-electron chi connectivity index (χ4n) is 9.89. The first-order chi connectivity index (χ1) is 18.2. The summed E-state index contributed by atoms with van der Waals surface area (Å²) in [4.78, 5) is 11.8. The number of hydrogen-bond acceptors (Lipinski definition) is 10. The number of fused-ring (bicyclic) bond motifs is 5. The fourth-order valence-corrected chi connectivity index (χ4v) is 9.89. The maximum atomic E-state index is 12.4. The molecule has 0 aromatic carbocycles. The molecule has 39 heavy (non-hydrogen) atoms. The van der Waals surface area contributed by atoms with Crippen molar-refractivity contribution < 1.29 is 49.6 Å². The first kappa shape index (κ1) is 28.0. The van der Waals surface area contributed by atoms with E-state index < -0.39 is 64.9 Å². The normalized spacial score (nSPS) is 57.3. The largest absolute Gasteiger partial charge is 0.458 e. The molecule has 220 valence electrons. The third-order valence-electron chi connectivity index (χ3n) is 12.2. The number of carbonyl (C=O) groups excluding carboxylic acids is 1. The predicted octanol–water partition coefficient (Wildman–Crippen LogP) is 0.542. The van der Waals surface area contributed by atoms with E-state index in [4.69, 9.17) is 14.2 Å². The molecule has 6 aliphatic rings. The molecule has 2 heterocycles. The Morgan fingerprint density at radius 2 is 1.67 bits per heavy atom. The van der Waals surface area contributed by atoms with Gasteiger partial charge in [-0.15, -0.1) is 0 Å². The van der Waals surface area contributed by atoms with Crippen LogP contribution in [0.1, 0.15) is 72.1 Å². The van der Waals surface area contributed by atoms with Crippen LogP contribution >= 0.6 is 0 Å². The van der Waals surface area contributed by atoms with Crippen LogP contribution in [0.2, 0.25) is 0 Å². The zero-order chi connectivity index (χ0) is 28.1. The molecule has 14 atom stereocenters. The fraction of sp³-hybridized carbons (Fsp3) is 0.897. The van der Waals surface area contributed by atoms with Crippen LogP contribution in [0.5, 0.6) is 0 Å². The molecular formula is C29H44O10. The standard InChI is InChI=1S/C29H44O10/c1-14-22(32)23(33)24(34)25(38-14)39-16-4-7-26(2)21-18(5-8-28(26,35)11-16)29(36)9-6-17(15-10-20(31)37-13-15)27(29,3)12-19(21)30/h10,14,16-19,21-25,30,32-36H,4-9,11-13H2,1-3H3/t14-,16+,17+,18+,19-,21+,22-,23+,24-,25-,26-,27-,28+,29+/m1/s1. The van der Waals surface area contributed by atoms with Crippen LogP contribution in [-0.2, 0) is 19.0 Å². The number of esters is 1. The van der Waals surface area contributed by atoms with Crippen molar-refractivity contribution >= 4 is 5.97 Å². The van der Waals surface area contributed by atoms with Crippen LogP contribution in [0.25, 0.3) is 0 Å². The van der Waals surface area contributed by atoms with Gasteiger partial charge in [-0.1, -0.05) is 13.8 Å². The lowest BCUT2D eigenvalue weighted by Crippen LogP contribution is -2.71. The van der Waals surface area contributed by atoms with Crippen LogP contribution in [-0.4, -0.2) is 97.3 Å². The summed E-state index contributed by atoms with van der Waals surface area (Å²) >= 11 is 0. The molecule has 6 N–H and O–H groups in total. The second kappa shape index (κ2) is 9.19. The van der Waals surface area contributed by atoms with Gasteiger partial charge in [0.2, 0.25) is 0 Å². The van der Waals surface area contributed by atoms with Gasteiger partial charge in [0, 0.05) is 23.3 Å². The van der Waals surface area contributed by atoms with Gasteiger partial charge in [-0.3, -0.25) is 0 Å². The van der Waals surface area contributed by atoms with Crippen LogP contribution in [0.15, 0.2) is 11.6 Å². The smallest absolute Gasteiger partial charge is 0.331 e. The summed E-state index contributed by atoms with van der Waals surface area (Å²) < 4.78 is 16.9. The molecule has 4 saturated carbocycles. The number of ether oxygens (including phenoxy) is 3. The average Bonchev–Trinajstić information content (AvgIpc) is 3.41. The molecule has 0 unspecified atom stereocenters. The molecule has 5 fully saturated rings. The Balaban J connectivity index is 1.22. The number of aliphatic hydroxyl groups excluding tert-OH is 4. The van der Waals surface area contributed by atoms with Gasteiger partial charge in [-0.05, 0) is 75.2 Å². The molecule has 0 aromatic rings. The second-order valence-corrected chi connectivity index (χ2v) is 13.8. The van der Waals surface area contributed by atoms with E-state index in [1.807, 2.05) is 13.8 Å². The van der Waals surface area contributed by atoms with Crippen molar-refractivity contribution in [3.05, 3.63) is 11.6 Å². The van der Waals surface area contributed by atoms with Crippen molar-refractivity contribution in [3.63, 3.8) is 0 Å². The van der Waals surface area contributed by atoms with Crippen molar-refractivity contribution in [2.45, 2.75) is 126 Å². The lowest BCUT2D eigenvalue weighted by Gasteiger charge is -2.67. The van der Waals surface area contributed by atoms with E-state index in [1.54, 1.807) is 13.0 Å². The highest BCUT2D eigenvalue weighted by Crippen LogP contribution is 2.70. The highest BCUT2D eigenvalue weighted by molar-refractivity contribution is 5.85. The first-order valence-corrected chi connectivity index (χ1v) is 14.6. The second-order valence-electron chi connectivity index (χ2n) is 13.8. The zero-order valence-corrected chi connectivity index (χ0v) is 23.0. The molecule has 0 spiro atoms. The lowest BCUT2D eigenvalue weighted by molar-refractivity contribution is -0.323. The van der Waals surface area contributed by atoms with Gasteiger partial charge in [0.05, 0.1) is 29.5 Å². The summed E-state index contributed by atoms with van der Waals surface area (Å²) in [5, 5.41) is 66.9. The van der Waals surface area contributed by atoms with Crippen LogP contribution in [0.4, 0.5) is 0 Å². The molecule has 6 rings (SSSR count). The summed E-state index contributed by atoms with van der Waals surface area (Å²) in [7, 11) is 0. The number of carbonyl (C=O) groups is 1. The minimum atomic E-state index is -1.41. The molecule has 1 saturated heterocycles. The zero-order valence-electron chi connectivity index (χ0n) is 23.0. The molecule has 10 heteroatoms. The molecule has 10 nitrogen and oxygen atoms in total. The van der Waals surface area contributed by atoms with E-state index >= 15 is 0 Å². The Labute approximate surface area is 229 Å². The minimum absolute atomic E-state index is 0.0412. The Morgan fingerprint density at radius 3 is 2.36 bits per heavy atom. The third kappa shape index (κ3) is 3.86. The molecule has 0 bridgehead atoms. The monoisotopic (exact) mass is 552 g/mol. The Bertz CT molecular complexity index is 1030. The van der Waals surface area contributed by atoms with Gasteiger partial charge in [0.25, 0.3) is 0 Å². The molecular weight excluding hydrogens is 508 g/mol. The quantitative estimate of drug-likeness (QED) is 0.215. The molecule has 0 aromatic heterocycles. The summed E-state index contributed by atoms with van der Waals surface area (Å²) in [6.45, 7) is 5.92. The van der Waals surface area contributed by atoms with E-state index in [1.165, 1.54) is 0 Å². The van der Waals surface area contributed by atoms with Gasteiger partial charge < -0.3 is 44.8 Å². The highest BCUT2D eigenvalue weighted by Gasteiger charge is 2.72. The highest BCUT2D eigenvalue weighted by atomic mass is 16.7.